The second-order valence-electron chi connectivity index (χ2n) is 4.66. The number of imidazole rings is 2. The minimum Gasteiger partial charge on any atom is -0.317 e. The molecule has 0 atom stereocenters. The molecule has 0 fully saturated rings. The second-order valence-corrected chi connectivity index (χ2v) is 4.66. The molecule has 7 nitrogen and oxygen atoms in total. The summed E-state index contributed by atoms with van der Waals surface area (Å²) < 4.78 is 4.81. The zero-order valence-corrected chi connectivity index (χ0v) is 10.9. The largest absolute Gasteiger partial charge is 0.317 e. The van der Waals surface area contributed by atoms with Crippen LogP contribution in [0, 0.1) is 6.92 Å². The average molecular weight is 259 g/mol. The van der Waals surface area contributed by atoms with Crippen LogP contribution in [0.5, 0.6) is 0 Å². The van der Waals surface area contributed by atoms with E-state index in [2.05, 4.69) is 9.97 Å². The van der Waals surface area contributed by atoms with E-state index in [9.17, 15) is 9.59 Å². The first-order chi connectivity index (χ1) is 8.99. The number of nitrogens with zero attached hydrogens (tertiary/aromatic N) is 5. The summed E-state index contributed by atoms with van der Waals surface area (Å²) in [6, 6.07) is 0. The number of hydrogen-bond donors (Lipinski definition) is 0. The molecule has 0 aliphatic heterocycles. The second kappa shape index (κ2) is 3.78. The van der Waals surface area contributed by atoms with Gasteiger partial charge in [0.25, 0.3) is 5.56 Å². The van der Waals surface area contributed by atoms with Crippen molar-refractivity contribution in [3.8, 4) is 0 Å². The molecular weight excluding hydrogens is 246 g/mol. The lowest BCUT2D eigenvalue weighted by atomic mass is 10.4. The van der Waals surface area contributed by atoms with E-state index < -0.39 is 0 Å². The predicted octanol–water partition coefficient (Wildman–Crippen LogP) is 0.280. The van der Waals surface area contributed by atoms with Gasteiger partial charge in [0, 0.05) is 13.2 Å². The molecule has 3 aromatic heterocycles. The van der Waals surface area contributed by atoms with Gasteiger partial charge in [-0.2, -0.15) is 0 Å². The predicted molar refractivity (Wildman–Crippen MR) is 69.1 cm³/mol. The summed E-state index contributed by atoms with van der Waals surface area (Å²) in [6.45, 7) is 3.45. The number of rotatable bonds is 2. The van der Waals surface area contributed by atoms with Gasteiger partial charge in [0.1, 0.15) is 5.78 Å². The fourth-order valence-electron chi connectivity index (χ4n) is 2.28. The van der Waals surface area contributed by atoms with Gasteiger partial charge in [0.05, 0.1) is 18.6 Å². The number of hydrogen-bond acceptors (Lipinski definition) is 4. The van der Waals surface area contributed by atoms with Crippen LogP contribution in [-0.4, -0.2) is 29.3 Å². The van der Waals surface area contributed by atoms with Crippen molar-refractivity contribution in [1.29, 1.82) is 0 Å². The van der Waals surface area contributed by atoms with Gasteiger partial charge in [0.2, 0.25) is 5.78 Å². The molecule has 0 unspecified atom stereocenters. The molecule has 0 aromatic carbocycles. The number of carbonyl (C=O) groups is 1. The monoisotopic (exact) mass is 259 g/mol. The summed E-state index contributed by atoms with van der Waals surface area (Å²) in [7, 11) is 1.80. The van der Waals surface area contributed by atoms with E-state index in [0.717, 1.165) is 5.69 Å². The Kier molecular flexibility index (Phi) is 2.31. The van der Waals surface area contributed by atoms with Crippen molar-refractivity contribution < 1.29 is 4.79 Å². The Balaban J connectivity index is 2.47. The van der Waals surface area contributed by atoms with Gasteiger partial charge in [-0.3, -0.25) is 14.2 Å². The van der Waals surface area contributed by atoms with E-state index in [1.165, 1.54) is 17.7 Å². The highest BCUT2D eigenvalue weighted by molar-refractivity contribution is 5.79. The Hall–Kier alpha value is -2.44. The van der Waals surface area contributed by atoms with Crippen LogP contribution in [0.25, 0.3) is 16.9 Å². The van der Waals surface area contributed by atoms with E-state index in [4.69, 9.17) is 0 Å². The summed E-state index contributed by atoms with van der Waals surface area (Å²) in [5.41, 5.74) is 1.51. The smallest absolute Gasteiger partial charge is 0.285 e. The Morgan fingerprint density at radius 3 is 2.84 bits per heavy atom. The molecule has 0 bridgehead atoms. The quantitative estimate of drug-likeness (QED) is 0.662. The molecule has 0 aliphatic carbocycles. The first-order valence-corrected chi connectivity index (χ1v) is 5.88. The van der Waals surface area contributed by atoms with Crippen LogP contribution in [0.4, 0.5) is 0 Å². The molecule has 7 heteroatoms. The maximum Gasteiger partial charge on any atom is 0.285 e. The van der Waals surface area contributed by atoms with Crippen LogP contribution in [0.2, 0.25) is 0 Å². The molecule has 0 N–H and O–H groups in total. The Morgan fingerprint density at radius 1 is 1.42 bits per heavy atom. The van der Waals surface area contributed by atoms with E-state index in [0.29, 0.717) is 16.9 Å². The standard InChI is InChI=1S/C12H13N5O2/c1-7-4-17-11(19)9-10(15(3)12(17)14-7)13-6-16(9)5-8(2)18/h4,6H,5H2,1-3H3. The zero-order chi connectivity index (χ0) is 13.7. The van der Waals surface area contributed by atoms with Crippen molar-refractivity contribution in [1.82, 2.24) is 23.5 Å². The number of aromatic nitrogens is 5. The number of fused-ring (bicyclic) bond motifs is 2. The molecule has 0 saturated heterocycles. The molecule has 3 heterocycles. The molecule has 3 rings (SSSR count). The molecule has 3 aromatic rings. The highest BCUT2D eigenvalue weighted by Gasteiger charge is 2.15. The summed E-state index contributed by atoms with van der Waals surface area (Å²) in [5.74, 6) is 0.520. The van der Waals surface area contributed by atoms with Crippen molar-refractivity contribution in [3.05, 3.63) is 28.6 Å². The molecular formula is C12H13N5O2. The summed E-state index contributed by atoms with van der Waals surface area (Å²) in [5, 5.41) is 0. The van der Waals surface area contributed by atoms with Crippen molar-refractivity contribution in [2.45, 2.75) is 20.4 Å². The van der Waals surface area contributed by atoms with Crippen LogP contribution in [0.15, 0.2) is 17.3 Å². The van der Waals surface area contributed by atoms with Crippen LogP contribution >= 0.6 is 0 Å². The Bertz CT molecular complexity index is 868. The van der Waals surface area contributed by atoms with Gasteiger partial charge in [-0.05, 0) is 13.8 Å². The van der Waals surface area contributed by atoms with Crippen LogP contribution in [0.1, 0.15) is 12.6 Å². The first kappa shape index (κ1) is 11.6. The van der Waals surface area contributed by atoms with E-state index in [1.54, 1.807) is 22.4 Å². The van der Waals surface area contributed by atoms with E-state index in [1.807, 2.05) is 6.92 Å². The third-order valence-electron chi connectivity index (χ3n) is 3.06. The summed E-state index contributed by atoms with van der Waals surface area (Å²) in [6.07, 6.45) is 3.20. The van der Waals surface area contributed by atoms with Gasteiger partial charge in [0.15, 0.2) is 11.2 Å². The summed E-state index contributed by atoms with van der Waals surface area (Å²) >= 11 is 0. The number of ketones is 1. The highest BCUT2D eigenvalue weighted by Crippen LogP contribution is 2.11. The third kappa shape index (κ3) is 1.58. The topological polar surface area (TPSA) is 74.2 Å². The zero-order valence-electron chi connectivity index (χ0n) is 10.9. The normalized spacial score (nSPS) is 11.5. The number of carbonyl (C=O) groups excluding carboxylic acids is 1. The maximum absolute atomic E-state index is 12.5. The average Bonchev–Trinajstić information content (AvgIpc) is 2.90. The van der Waals surface area contributed by atoms with E-state index >= 15 is 0 Å². The number of Topliss-reactive ketones (excluding diaryl/α,β-unsaturated/α-hetero) is 1. The van der Waals surface area contributed by atoms with Crippen LogP contribution in [0.3, 0.4) is 0 Å². The molecule has 0 aliphatic rings. The minimum absolute atomic E-state index is 0.0248. The fraction of sp³-hybridized carbons (Fsp3) is 0.333. The third-order valence-corrected chi connectivity index (χ3v) is 3.06. The molecule has 19 heavy (non-hydrogen) atoms. The van der Waals surface area contributed by atoms with Crippen LogP contribution < -0.4 is 5.56 Å². The van der Waals surface area contributed by atoms with Gasteiger partial charge in [-0.15, -0.1) is 0 Å². The minimum atomic E-state index is -0.206. The van der Waals surface area contributed by atoms with Gasteiger partial charge >= 0.3 is 0 Å². The van der Waals surface area contributed by atoms with Crippen molar-refractivity contribution in [2.24, 2.45) is 7.05 Å². The van der Waals surface area contributed by atoms with Crippen molar-refractivity contribution in [3.63, 3.8) is 0 Å². The Morgan fingerprint density at radius 2 is 2.16 bits per heavy atom. The first-order valence-electron chi connectivity index (χ1n) is 5.88. The molecule has 98 valence electrons. The molecule has 0 spiro atoms. The fourth-order valence-corrected chi connectivity index (χ4v) is 2.28. The molecule has 0 radical (unpaired) electrons. The molecule has 0 amide bonds. The molecule has 0 saturated carbocycles. The van der Waals surface area contributed by atoms with Gasteiger partial charge in [-0.25, -0.2) is 14.4 Å². The van der Waals surface area contributed by atoms with E-state index in [-0.39, 0.29) is 17.9 Å². The number of aryl methyl sites for hydroxylation is 2. The maximum atomic E-state index is 12.5. The highest BCUT2D eigenvalue weighted by atomic mass is 16.1. The summed E-state index contributed by atoms with van der Waals surface area (Å²) in [4.78, 5) is 32.2. The van der Waals surface area contributed by atoms with Crippen LogP contribution in [-0.2, 0) is 18.4 Å². The van der Waals surface area contributed by atoms with Gasteiger partial charge in [-0.1, -0.05) is 0 Å². The Labute approximate surface area is 108 Å². The van der Waals surface area contributed by atoms with Crippen molar-refractivity contribution in [2.75, 3.05) is 0 Å². The lowest BCUT2D eigenvalue weighted by Crippen LogP contribution is -2.20. The van der Waals surface area contributed by atoms with Crippen molar-refractivity contribution >= 4 is 22.7 Å². The lowest BCUT2D eigenvalue weighted by molar-refractivity contribution is -0.117. The van der Waals surface area contributed by atoms with Gasteiger partial charge < -0.3 is 4.57 Å². The lowest BCUT2D eigenvalue weighted by Gasteiger charge is -2.04. The SMILES string of the molecule is CC(=O)Cn1cnc2c1c(=O)n1cc(C)nc1n2C.